The van der Waals surface area contributed by atoms with Crippen LogP contribution in [0, 0.1) is 6.92 Å². The first-order valence-corrected chi connectivity index (χ1v) is 9.89. The van der Waals surface area contributed by atoms with Gasteiger partial charge < -0.3 is 0 Å². The van der Waals surface area contributed by atoms with Crippen LogP contribution in [0.15, 0.2) is 53.4 Å². The number of nitrogens with zero attached hydrogens (tertiary/aromatic N) is 2. The Morgan fingerprint density at radius 3 is 1.93 bits per heavy atom. The highest BCUT2D eigenvalue weighted by Gasteiger charge is 2.39. The van der Waals surface area contributed by atoms with Gasteiger partial charge in [0.25, 0.3) is 0 Å². The van der Waals surface area contributed by atoms with Gasteiger partial charge in [0.1, 0.15) is 5.69 Å². The average molecular weight is 394 g/mol. The van der Waals surface area contributed by atoms with E-state index in [-0.39, 0.29) is 16.2 Å². The van der Waals surface area contributed by atoms with Crippen LogP contribution in [-0.4, -0.2) is 24.5 Å². The van der Waals surface area contributed by atoms with Gasteiger partial charge in [-0.05, 0) is 24.6 Å². The van der Waals surface area contributed by atoms with Crippen molar-refractivity contribution in [2.24, 2.45) is 7.05 Å². The molecule has 0 aliphatic rings. The summed E-state index contributed by atoms with van der Waals surface area (Å²) in [5, 5.41) is 4.09. The lowest BCUT2D eigenvalue weighted by Gasteiger charge is -2.11. The third kappa shape index (κ3) is 3.75. The van der Waals surface area contributed by atoms with Gasteiger partial charge in [0.15, 0.2) is 15.5 Å². The number of hydrogen-bond donors (Lipinski definition) is 0. The van der Waals surface area contributed by atoms with Crippen LogP contribution < -0.4 is 0 Å². The maximum Gasteiger partial charge on any atom is 0.433 e. The zero-order valence-electron chi connectivity index (χ0n) is 14.9. The Balaban J connectivity index is 2.26. The summed E-state index contributed by atoms with van der Waals surface area (Å²) in [6, 6.07) is 12.4. The number of aromatic nitrogens is 2. The molecule has 0 amide bonds. The van der Waals surface area contributed by atoms with Crippen molar-refractivity contribution in [3.05, 3.63) is 59.8 Å². The molecule has 0 saturated carbocycles. The second-order valence-electron chi connectivity index (χ2n) is 6.36. The van der Waals surface area contributed by atoms with Gasteiger partial charge in [-0.3, -0.25) is 4.68 Å². The van der Waals surface area contributed by atoms with Crippen molar-refractivity contribution in [1.82, 2.24) is 9.78 Å². The van der Waals surface area contributed by atoms with Crippen LogP contribution in [0.2, 0.25) is 0 Å². The second-order valence-corrected chi connectivity index (χ2v) is 8.37. The zero-order chi connectivity index (χ0) is 20.0. The topological polar surface area (TPSA) is 52.0 Å². The van der Waals surface area contributed by atoms with E-state index in [1.165, 1.54) is 31.3 Å². The quantitative estimate of drug-likeness (QED) is 0.658. The Labute approximate surface area is 155 Å². The molecule has 3 rings (SSSR count). The molecule has 2 aromatic carbocycles. The summed E-state index contributed by atoms with van der Waals surface area (Å²) in [6.07, 6.45) is -3.52. The van der Waals surface area contributed by atoms with Crippen LogP contribution >= 0.6 is 0 Å². The van der Waals surface area contributed by atoms with E-state index in [0.29, 0.717) is 11.1 Å². The lowest BCUT2D eigenvalue weighted by atomic mass is 9.98. The number of alkyl halides is 3. The average Bonchev–Trinajstić information content (AvgIpc) is 2.92. The lowest BCUT2D eigenvalue weighted by molar-refractivity contribution is -0.143. The third-order valence-electron chi connectivity index (χ3n) is 4.21. The Morgan fingerprint density at radius 2 is 1.44 bits per heavy atom. The van der Waals surface area contributed by atoms with E-state index in [4.69, 9.17) is 0 Å². The molecule has 0 spiro atoms. The van der Waals surface area contributed by atoms with E-state index in [1.54, 1.807) is 24.3 Å². The van der Waals surface area contributed by atoms with Crippen molar-refractivity contribution in [1.29, 1.82) is 0 Å². The number of hydrogen-bond acceptors (Lipinski definition) is 3. The zero-order valence-corrected chi connectivity index (χ0v) is 15.7. The predicted octanol–water partition coefficient (Wildman–Crippen LogP) is 4.48. The maximum atomic E-state index is 13.7. The van der Waals surface area contributed by atoms with E-state index in [0.717, 1.165) is 16.5 Å². The summed E-state index contributed by atoms with van der Waals surface area (Å²) in [5.74, 6) is 0. The highest BCUT2D eigenvalue weighted by atomic mass is 32.2. The Bertz CT molecular complexity index is 1080. The minimum Gasteiger partial charge on any atom is -0.262 e. The molecule has 1 aromatic heterocycles. The van der Waals surface area contributed by atoms with E-state index in [9.17, 15) is 21.6 Å². The fraction of sp³-hybridized carbons (Fsp3) is 0.211. The minimum atomic E-state index is -4.59. The molecule has 142 valence electrons. The Hall–Kier alpha value is -2.61. The van der Waals surface area contributed by atoms with Crippen molar-refractivity contribution in [2.45, 2.75) is 18.0 Å². The van der Waals surface area contributed by atoms with Gasteiger partial charge in [-0.15, -0.1) is 0 Å². The predicted molar refractivity (Wildman–Crippen MR) is 96.9 cm³/mol. The van der Waals surface area contributed by atoms with Gasteiger partial charge in [-0.1, -0.05) is 42.0 Å². The van der Waals surface area contributed by atoms with Gasteiger partial charge in [-0.2, -0.15) is 18.3 Å². The number of rotatable bonds is 3. The molecule has 0 aliphatic heterocycles. The van der Waals surface area contributed by atoms with Gasteiger partial charge in [0.2, 0.25) is 0 Å². The molecule has 27 heavy (non-hydrogen) atoms. The highest BCUT2D eigenvalue weighted by molar-refractivity contribution is 7.90. The van der Waals surface area contributed by atoms with Crippen molar-refractivity contribution in [3.63, 3.8) is 0 Å². The first kappa shape index (κ1) is 19.2. The normalized spacial score (nSPS) is 12.4. The van der Waals surface area contributed by atoms with Crippen LogP contribution in [0.1, 0.15) is 11.3 Å². The van der Waals surface area contributed by atoms with Crippen molar-refractivity contribution >= 4 is 9.84 Å². The SMILES string of the molecule is Cc1ccc(-c2c(-c3ccc(S(C)(=O)=O)cc3)nn(C)c2C(F)(F)F)cc1. The van der Waals surface area contributed by atoms with E-state index < -0.39 is 21.7 Å². The summed E-state index contributed by atoms with van der Waals surface area (Å²) in [6.45, 7) is 1.85. The molecule has 0 bridgehead atoms. The first-order chi connectivity index (χ1) is 12.5. The molecule has 0 fully saturated rings. The van der Waals surface area contributed by atoms with E-state index in [1.807, 2.05) is 6.92 Å². The summed E-state index contributed by atoms with van der Waals surface area (Å²) >= 11 is 0. The van der Waals surface area contributed by atoms with Gasteiger partial charge in [0.05, 0.1) is 4.90 Å². The fourth-order valence-corrected chi connectivity index (χ4v) is 3.54. The molecule has 0 radical (unpaired) electrons. The number of aryl methyl sites for hydroxylation is 2. The lowest BCUT2D eigenvalue weighted by Crippen LogP contribution is -2.13. The summed E-state index contributed by atoms with van der Waals surface area (Å²) in [7, 11) is -2.16. The number of sulfone groups is 1. The second kappa shape index (κ2) is 6.53. The smallest absolute Gasteiger partial charge is 0.262 e. The first-order valence-electron chi connectivity index (χ1n) is 8.00. The molecule has 1 heterocycles. The molecule has 0 unspecified atom stereocenters. The van der Waals surface area contributed by atoms with Crippen molar-refractivity contribution < 1.29 is 21.6 Å². The molecule has 8 heteroatoms. The van der Waals surface area contributed by atoms with E-state index in [2.05, 4.69) is 5.10 Å². The molecule has 0 N–H and O–H groups in total. The molecule has 0 saturated heterocycles. The Morgan fingerprint density at radius 1 is 0.926 bits per heavy atom. The van der Waals surface area contributed by atoms with Gasteiger partial charge in [0, 0.05) is 24.4 Å². The maximum absolute atomic E-state index is 13.7. The van der Waals surface area contributed by atoms with Crippen molar-refractivity contribution in [3.8, 4) is 22.4 Å². The van der Waals surface area contributed by atoms with Crippen LogP contribution in [-0.2, 0) is 23.1 Å². The van der Waals surface area contributed by atoms with Gasteiger partial charge in [-0.25, -0.2) is 8.42 Å². The van der Waals surface area contributed by atoms with Crippen LogP contribution in [0.25, 0.3) is 22.4 Å². The number of benzene rings is 2. The Kier molecular flexibility index (Phi) is 4.63. The molecular formula is C19H17F3N2O2S. The molecular weight excluding hydrogens is 377 g/mol. The largest absolute Gasteiger partial charge is 0.433 e. The standard InChI is InChI=1S/C19H17F3N2O2S/c1-12-4-6-13(7-5-12)16-17(23-24(2)18(16)19(20,21)22)14-8-10-15(11-9-14)27(3,25)26/h4-11H,1-3H3. The third-order valence-corrected chi connectivity index (χ3v) is 5.34. The summed E-state index contributed by atoms with van der Waals surface area (Å²) in [4.78, 5) is 0.0927. The molecule has 3 aromatic rings. The summed E-state index contributed by atoms with van der Waals surface area (Å²) < 4.78 is 65.1. The highest BCUT2D eigenvalue weighted by Crippen LogP contribution is 2.42. The van der Waals surface area contributed by atoms with Gasteiger partial charge >= 0.3 is 6.18 Å². The number of halogens is 3. The molecule has 0 aliphatic carbocycles. The van der Waals surface area contributed by atoms with Crippen molar-refractivity contribution in [2.75, 3.05) is 6.26 Å². The summed E-state index contributed by atoms with van der Waals surface area (Å²) in [5.41, 5.74) is 0.988. The fourth-order valence-electron chi connectivity index (χ4n) is 2.90. The molecule has 0 atom stereocenters. The van der Waals surface area contributed by atoms with Crippen LogP contribution in [0.5, 0.6) is 0 Å². The van der Waals surface area contributed by atoms with Crippen LogP contribution in [0.4, 0.5) is 13.2 Å². The monoisotopic (exact) mass is 394 g/mol. The van der Waals surface area contributed by atoms with Crippen LogP contribution in [0.3, 0.4) is 0 Å². The molecule has 4 nitrogen and oxygen atoms in total. The van der Waals surface area contributed by atoms with E-state index >= 15 is 0 Å². The minimum absolute atomic E-state index is 0.0305.